The van der Waals surface area contributed by atoms with E-state index in [1.54, 1.807) is 32.3 Å². The van der Waals surface area contributed by atoms with Gasteiger partial charge in [-0.15, -0.1) is 11.6 Å². The van der Waals surface area contributed by atoms with Gasteiger partial charge in [-0.2, -0.15) is 0 Å². The van der Waals surface area contributed by atoms with Crippen molar-refractivity contribution >= 4 is 35.3 Å². The molecule has 0 bridgehead atoms. The minimum atomic E-state index is -1.06. The van der Waals surface area contributed by atoms with E-state index in [-0.39, 0.29) is 24.0 Å². The first kappa shape index (κ1) is 31.0. The topological polar surface area (TPSA) is 129 Å². The molecule has 0 amide bonds. The van der Waals surface area contributed by atoms with Crippen LogP contribution in [0.5, 0.6) is 0 Å². The predicted molar refractivity (Wildman–Crippen MR) is 149 cm³/mol. The Labute approximate surface area is 245 Å². The Balaban J connectivity index is 2.06. The van der Waals surface area contributed by atoms with Crippen LogP contribution in [0.25, 0.3) is 0 Å². The molecule has 3 aliphatic rings. The Bertz CT molecular complexity index is 1280. The molecule has 3 aliphatic carbocycles. The molecule has 0 radical (unpaired) electrons. The van der Waals surface area contributed by atoms with Gasteiger partial charge in [-0.3, -0.25) is 19.2 Å². The third kappa shape index (κ3) is 4.95. The lowest BCUT2D eigenvalue weighted by Gasteiger charge is -2.57. The lowest BCUT2D eigenvalue weighted by molar-refractivity contribution is -0.189. The van der Waals surface area contributed by atoms with Crippen LogP contribution < -0.4 is 0 Å². The lowest BCUT2D eigenvalue weighted by Crippen LogP contribution is -2.61. The molecule has 224 valence electrons. The van der Waals surface area contributed by atoms with Gasteiger partial charge in [0.15, 0.2) is 5.78 Å². The fourth-order valence-electron chi connectivity index (χ4n) is 8.04. The number of hydrogen-bond donors (Lipinski definition) is 1. The number of aliphatic hydroxyl groups is 1. The predicted octanol–water partition coefficient (Wildman–Crippen LogP) is 4.51. The van der Waals surface area contributed by atoms with Crippen molar-refractivity contribution in [3.63, 3.8) is 0 Å². The van der Waals surface area contributed by atoms with Gasteiger partial charge in [0, 0.05) is 47.8 Å². The number of ether oxygens (including phenoxy) is 3. The number of fused-ring (bicyclic) bond motifs is 1. The average molecular weight is 591 g/mol. The van der Waals surface area contributed by atoms with Crippen LogP contribution in [0.1, 0.15) is 65.9 Å². The molecule has 0 saturated heterocycles. The molecule has 1 saturated carbocycles. The minimum absolute atomic E-state index is 0.0297. The van der Waals surface area contributed by atoms with Crippen LogP contribution in [-0.2, 0) is 33.4 Å². The molecule has 1 heterocycles. The number of alkyl halides is 1. The smallest absolute Gasteiger partial charge is 0.305 e. The molecule has 8 atom stereocenters. The number of carbonyl (C=O) groups is 4. The van der Waals surface area contributed by atoms with Crippen molar-refractivity contribution in [1.29, 1.82) is 0 Å². The van der Waals surface area contributed by atoms with Gasteiger partial charge in [0.2, 0.25) is 0 Å². The Hall–Kier alpha value is -2.91. The molecule has 1 N–H and O–H groups in total. The van der Waals surface area contributed by atoms with Crippen LogP contribution in [0.2, 0.25) is 0 Å². The highest BCUT2D eigenvalue weighted by Crippen LogP contribution is 2.65. The minimum Gasteiger partial charge on any atom is -0.472 e. The number of furan rings is 1. The van der Waals surface area contributed by atoms with E-state index < -0.39 is 64.3 Å². The summed E-state index contributed by atoms with van der Waals surface area (Å²) < 4.78 is 22.5. The summed E-state index contributed by atoms with van der Waals surface area (Å²) in [6.45, 7) is 9.89. The maximum absolute atomic E-state index is 13.2. The van der Waals surface area contributed by atoms with E-state index in [4.69, 9.17) is 30.2 Å². The van der Waals surface area contributed by atoms with E-state index in [1.165, 1.54) is 33.3 Å². The zero-order valence-electron chi connectivity index (χ0n) is 24.6. The fraction of sp³-hybridized carbons (Fsp3) is 0.613. The van der Waals surface area contributed by atoms with Crippen molar-refractivity contribution < 1.29 is 42.9 Å². The Morgan fingerprint density at radius 3 is 2.32 bits per heavy atom. The largest absolute Gasteiger partial charge is 0.472 e. The summed E-state index contributed by atoms with van der Waals surface area (Å²) in [7, 11) is 1.29. The number of esters is 3. The molecule has 9 nitrogen and oxygen atoms in total. The molecule has 10 heteroatoms. The normalized spacial score (nSPS) is 36.1. The second-order valence-electron chi connectivity index (χ2n) is 12.4. The maximum atomic E-state index is 13.2. The molecular formula is C31H39ClO9. The highest BCUT2D eigenvalue weighted by molar-refractivity contribution is 6.19. The van der Waals surface area contributed by atoms with Crippen molar-refractivity contribution in [2.24, 2.45) is 28.1 Å². The Morgan fingerprint density at radius 1 is 1.12 bits per heavy atom. The van der Waals surface area contributed by atoms with Crippen LogP contribution >= 0.6 is 11.6 Å². The summed E-state index contributed by atoms with van der Waals surface area (Å²) in [5.41, 5.74) is -1.00. The van der Waals surface area contributed by atoms with E-state index in [2.05, 4.69) is 0 Å². The quantitative estimate of drug-likeness (QED) is 0.211. The van der Waals surface area contributed by atoms with Crippen LogP contribution in [0.3, 0.4) is 0 Å². The highest BCUT2D eigenvalue weighted by Gasteiger charge is 2.67. The second-order valence-corrected chi connectivity index (χ2v) is 12.7. The number of aliphatic hydroxyl groups excluding tert-OH is 1. The highest BCUT2D eigenvalue weighted by atomic mass is 35.5. The standard InChI is InChI=1S/C31H39ClO9/c1-16(33)40-27-26(30(5)10-8-23(36)29(3,4)22(30)13-24(37)38-7)19(14-32)25-21(35)12-20(18-9-11-39-15-18)31(25,6)28(27)41-17(2)34/h8-11,15,20-22,26-28,35H,12-14H2,1-7H3. The van der Waals surface area contributed by atoms with Crippen molar-refractivity contribution in [3.05, 3.63) is 47.5 Å². The zero-order chi connectivity index (χ0) is 30.5. The third-order valence-corrected chi connectivity index (χ3v) is 10.1. The van der Waals surface area contributed by atoms with E-state index in [9.17, 15) is 24.3 Å². The summed E-state index contributed by atoms with van der Waals surface area (Å²) in [5.74, 6) is -3.60. The van der Waals surface area contributed by atoms with Gasteiger partial charge >= 0.3 is 17.9 Å². The molecule has 0 spiro atoms. The SMILES string of the molecule is COC(=O)CC1C(C)(C)C(=O)C=CC1(C)C1C(CCl)=C2C(O)CC(c3ccoc3)C2(C)C(OC(C)=O)C1OC(C)=O. The molecule has 1 fully saturated rings. The van der Waals surface area contributed by atoms with Crippen molar-refractivity contribution in [3.8, 4) is 0 Å². The van der Waals surface area contributed by atoms with Crippen LogP contribution in [-0.4, -0.2) is 60.1 Å². The maximum Gasteiger partial charge on any atom is 0.305 e. The van der Waals surface area contributed by atoms with Crippen LogP contribution in [0, 0.1) is 28.1 Å². The van der Waals surface area contributed by atoms with E-state index in [0.29, 0.717) is 17.6 Å². The molecule has 8 unspecified atom stereocenters. The van der Waals surface area contributed by atoms with Crippen molar-refractivity contribution in [2.75, 3.05) is 13.0 Å². The van der Waals surface area contributed by atoms with Crippen molar-refractivity contribution in [2.45, 2.75) is 78.6 Å². The molecule has 4 rings (SSSR count). The van der Waals surface area contributed by atoms with Gasteiger partial charge in [-0.25, -0.2) is 0 Å². The molecule has 1 aromatic rings. The number of halogens is 1. The first-order valence-corrected chi connectivity index (χ1v) is 14.3. The Morgan fingerprint density at radius 2 is 1.78 bits per heavy atom. The lowest BCUT2D eigenvalue weighted by atomic mass is 9.48. The number of ketones is 1. The van der Waals surface area contributed by atoms with E-state index >= 15 is 0 Å². The summed E-state index contributed by atoms with van der Waals surface area (Å²) in [5, 5.41) is 11.6. The van der Waals surface area contributed by atoms with Gasteiger partial charge in [0.05, 0.1) is 32.2 Å². The van der Waals surface area contributed by atoms with Gasteiger partial charge in [0.25, 0.3) is 0 Å². The van der Waals surface area contributed by atoms with Gasteiger partial charge in [-0.05, 0) is 41.2 Å². The first-order valence-electron chi connectivity index (χ1n) is 13.8. The first-order chi connectivity index (χ1) is 19.1. The van der Waals surface area contributed by atoms with Gasteiger partial charge < -0.3 is 23.7 Å². The monoisotopic (exact) mass is 590 g/mol. The Kier molecular flexibility index (Phi) is 8.37. The molecule has 0 aromatic carbocycles. The number of methoxy groups -OCH3 is 1. The molecular weight excluding hydrogens is 552 g/mol. The molecule has 41 heavy (non-hydrogen) atoms. The summed E-state index contributed by atoms with van der Waals surface area (Å²) >= 11 is 6.74. The van der Waals surface area contributed by atoms with Crippen molar-refractivity contribution in [1.82, 2.24) is 0 Å². The molecule has 1 aromatic heterocycles. The van der Waals surface area contributed by atoms with Crippen LogP contribution in [0.15, 0.2) is 46.3 Å². The fourth-order valence-corrected chi connectivity index (χ4v) is 8.35. The number of rotatable bonds is 7. The third-order valence-electron chi connectivity index (χ3n) is 9.84. The van der Waals surface area contributed by atoms with Gasteiger partial charge in [-0.1, -0.05) is 33.8 Å². The van der Waals surface area contributed by atoms with E-state index in [1.807, 2.05) is 13.8 Å². The summed E-state index contributed by atoms with van der Waals surface area (Å²) in [6.07, 6.45) is 3.52. The average Bonchev–Trinajstić information content (AvgIpc) is 3.51. The number of hydrogen-bond acceptors (Lipinski definition) is 9. The summed E-state index contributed by atoms with van der Waals surface area (Å²) in [6, 6.07) is 1.80. The van der Waals surface area contributed by atoms with E-state index in [0.717, 1.165) is 5.56 Å². The molecule has 0 aliphatic heterocycles. The second kappa shape index (κ2) is 11.1. The zero-order valence-corrected chi connectivity index (χ0v) is 25.3. The van der Waals surface area contributed by atoms with Gasteiger partial charge in [0.1, 0.15) is 12.2 Å². The summed E-state index contributed by atoms with van der Waals surface area (Å²) in [4.78, 5) is 51.2. The number of carbonyl (C=O) groups excluding carboxylic acids is 4. The number of allylic oxidation sites excluding steroid dienone is 2. The van der Waals surface area contributed by atoms with Crippen LogP contribution in [0.4, 0.5) is 0 Å².